The molecule has 2 aromatic heterocycles. The highest BCUT2D eigenvalue weighted by molar-refractivity contribution is 7.13. The van der Waals surface area contributed by atoms with Gasteiger partial charge in [-0.1, -0.05) is 61.5 Å². The quantitative estimate of drug-likeness (QED) is 0.489. The van der Waals surface area contributed by atoms with Crippen LogP contribution in [-0.2, 0) is 11.3 Å². The summed E-state index contributed by atoms with van der Waals surface area (Å²) in [5, 5.41) is 6.33. The normalized spacial score (nSPS) is 12.2. The average molecular weight is 375 g/mol. The molecule has 0 spiro atoms. The number of nitrogens with one attached hydrogen (secondary N) is 1. The molecule has 0 aliphatic rings. The molecule has 2 aromatic carbocycles. The molecule has 0 bridgehead atoms. The van der Waals surface area contributed by atoms with Gasteiger partial charge < -0.3 is 9.88 Å². The summed E-state index contributed by atoms with van der Waals surface area (Å²) >= 11 is 1.70. The topological polar surface area (TPSA) is 34.0 Å². The van der Waals surface area contributed by atoms with Gasteiger partial charge in [-0.25, -0.2) is 0 Å². The standard InChI is InChI=1S/C23H22N2OS/c1-17(18-8-3-2-4-9-18)15-24-23(26)16-25-20-11-6-5-10-19(20)14-21(25)22-12-7-13-27-22/h2-14,17H,15-16H2,1H3,(H,24,26). The first kappa shape index (κ1) is 17.6. The molecule has 0 saturated heterocycles. The molecule has 1 N–H and O–H groups in total. The third kappa shape index (κ3) is 3.81. The molecule has 4 rings (SSSR count). The second-order valence-electron chi connectivity index (χ2n) is 6.77. The smallest absolute Gasteiger partial charge is 0.239 e. The maximum atomic E-state index is 12.7. The molecule has 3 nitrogen and oxygen atoms in total. The van der Waals surface area contributed by atoms with E-state index in [-0.39, 0.29) is 11.8 Å². The van der Waals surface area contributed by atoms with Gasteiger partial charge in [-0.15, -0.1) is 11.3 Å². The number of thiophene rings is 1. The van der Waals surface area contributed by atoms with Crippen LogP contribution < -0.4 is 5.32 Å². The third-order valence-electron chi connectivity index (χ3n) is 4.86. The van der Waals surface area contributed by atoms with Gasteiger partial charge in [0.15, 0.2) is 0 Å². The van der Waals surface area contributed by atoms with Gasteiger partial charge in [0.25, 0.3) is 0 Å². The van der Waals surface area contributed by atoms with Gasteiger partial charge in [-0.3, -0.25) is 4.79 Å². The second kappa shape index (κ2) is 7.80. The maximum Gasteiger partial charge on any atom is 0.239 e. The first-order chi connectivity index (χ1) is 13.2. The fourth-order valence-electron chi connectivity index (χ4n) is 3.38. The van der Waals surface area contributed by atoms with E-state index in [0.29, 0.717) is 13.1 Å². The third-order valence-corrected chi connectivity index (χ3v) is 5.75. The lowest BCUT2D eigenvalue weighted by Gasteiger charge is -2.14. The predicted molar refractivity (Wildman–Crippen MR) is 113 cm³/mol. The molecule has 2 heterocycles. The Balaban J connectivity index is 1.52. The van der Waals surface area contributed by atoms with Crippen LogP contribution in [-0.4, -0.2) is 17.0 Å². The number of hydrogen-bond donors (Lipinski definition) is 1. The summed E-state index contributed by atoms with van der Waals surface area (Å²) < 4.78 is 2.11. The zero-order valence-electron chi connectivity index (χ0n) is 15.3. The molecule has 1 amide bonds. The molecule has 4 aromatic rings. The van der Waals surface area contributed by atoms with E-state index in [1.54, 1.807) is 11.3 Å². The SMILES string of the molecule is CC(CNC(=O)Cn1c(-c2cccs2)cc2ccccc21)c1ccccc1. The van der Waals surface area contributed by atoms with E-state index < -0.39 is 0 Å². The van der Waals surface area contributed by atoms with Crippen molar-refractivity contribution in [3.05, 3.63) is 83.7 Å². The van der Waals surface area contributed by atoms with Gasteiger partial charge in [-0.05, 0) is 35.1 Å². The lowest BCUT2D eigenvalue weighted by molar-refractivity contribution is -0.121. The summed E-state index contributed by atoms with van der Waals surface area (Å²) in [7, 11) is 0. The van der Waals surface area contributed by atoms with Gasteiger partial charge in [-0.2, -0.15) is 0 Å². The summed E-state index contributed by atoms with van der Waals surface area (Å²) in [6, 6.07) is 24.8. The van der Waals surface area contributed by atoms with Crippen molar-refractivity contribution in [1.29, 1.82) is 0 Å². The Morgan fingerprint density at radius 3 is 2.59 bits per heavy atom. The number of amides is 1. The minimum absolute atomic E-state index is 0.0388. The first-order valence-electron chi connectivity index (χ1n) is 9.16. The Labute approximate surface area is 163 Å². The van der Waals surface area contributed by atoms with Crippen LogP contribution in [0.15, 0.2) is 78.2 Å². The zero-order valence-corrected chi connectivity index (χ0v) is 16.1. The zero-order chi connectivity index (χ0) is 18.6. The molecular weight excluding hydrogens is 352 g/mol. The predicted octanol–water partition coefficient (Wildman–Crippen LogP) is 5.29. The van der Waals surface area contributed by atoms with Crippen LogP contribution in [0, 0.1) is 0 Å². The van der Waals surface area contributed by atoms with E-state index >= 15 is 0 Å². The minimum Gasteiger partial charge on any atom is -0.354 e. The molecule has 0 fully saturated rings. The molecule has 0 aliphatic heterocycles. The van der Waals surface area contributed by atoms with Crippen molar-refractivity contribution in [2.75, 3.05) is 6.54 Å². The van der Waals surface area contributed by atoms with E-state index in [1.807, 2.05) is 36.4 Å². The summed E-state index contributed by atoms with van der Waals surface area (Å²) in [6.07, 6.45) is 0. The monoisotopic (exact) mass is 374 g/mol. The largest absolute Gasteiger partial charge is 0.354 e. The summed E-state index contributed by atoms with van der Waals surface area (Å²) in [5.74, 6) is 0.324. The highest BCUT2D eigenvalue weighted by Gasteiger charge is 2.15. The fourth-order valence-corrected chi connectivity index (χ4v) is 4.13. The lowest BCUT2D eigenvalue weighted by atomic mass is 10.0. The second-order valence-corrected chi connectivity index (χ2v) is 7.72. The van der Waals surface area contributed by atoms with Crippen molar-refractivity contribution in [1.82, 2.24) is 9.88 Å². The molecular formula is C23H22N2OS. The van der Waals surface area contributed by atoms with E-state index in [1.165, 1.54) is 10.4 Å². The number of carbonyl (C=O) groups is 1. The summed E-state index contributed by atoms with van der Waals surface area (Å²) in [5.41, 5.74) is 3.42. The number of hydrogen-bond acceptors (Lipinski definition) is 2. The molecule has 0 radical (unpaired) electrons. The van der Waals surface area contributed by atoms with E-state index in [2.05, 4.69) is 58.6 Å². The van der Waals surface area contributed by atoms with Crippen LogP contribution in [0.4, 0.5) is 0 Å². The molecule has 0 saturated carbocycles. The van der Waals surface area contributed by atoms with Crippen LogP contribution in [0.3, 0.4) is 0 Å². The number of rotatable bonds is 6. The number of aromatic nitrogens is 1. The molecule has 136 valence electrons. The van der Waals surface area contributed by atoms with Crippen LogP contribution in [0.5, 0.6) is 0 Å². The fraction of sp³-hybridized carbons (Fsp3) is 0.174. The van der Waals surface area contributed by atoms with Gasteiger partial charge in [0.05, 0.1) is 10.6 Å². The van der Waals surface area contributed by atoms with Gasteiger partial charge in [0, 0.05) is 17.4 Å². The van der Waals surface area contributed by atoms with Crippen molar-refractivity contribution >= 4 is 28.1 Å². The molecule has 27 heavy (non-hydrogen) atoms. The number of carbonyl (C=O) groups excluding carboxylic acids is 1. The first-order valence-corrected chi connectivity index (χ1v) is 10.0. The van der Waals surface area contributed by atoms with Crippen molar-refractivity contribution in [3.8, 4) is 10.6 Å². The average Bonchev–Trinajstić information content (AvgIpc) is 3.35. The maximum absolute atomic E-state index is 12.7. The van der Waals surface area contributed by atoms with Crippen molar-refractivity contribution in [2.45, 2.75) is 19.4 Å². The Bertz CT molecular complexity index is 1030. The van der Waals surface area contributed by atoms with E-state index in [0.717, 1.165) is 16.6 Å². The van der Waals surface area contributed by atoms with Crippen LogP contribution in [0.25, 0.3) is 21.5 Å². The number of fused-ring (bicyclic) bond motifs is 1. The molecule has 0 aliphatic carbocycles. The highest BCUT2D eigenvalue weighted by atomic mass is 32.1. The van der Waals surface area contributed by atoms with Gasteiger partial charge >= 0.3 is 0 Å². The lowest BCUT2D eigenvalue weighted by Crippen LogP contribution is -2.30. The van der Waals surface area contributed by atoms with Crippen molar-refractivity contribution in [3.63, 3.8) is 0 Å². The summed E-state index contributed by atoms with van der Waals surface area (Å²) in [4.78, 5) is 13.9. The Kier molecular flexibility index (Phi) is 5.07. The number of benzene rings is 2. The van der Waals surface area contributed by atoms with Crippen LogP contribution in [0.2, 0.25) is 0 Å². The van der Waals surface area contributed by atoms with Gasteiger partial charge in [0.1, 0.15) is 6.54 Å². The number of para-hydroxylation sites is 1. The minimum atomic E-state index is 0.0388. The molecule has 4 heteroatoms. The van der Waals surface area contributed by atoms with Crippen LogP contribution >= 0.6 is 11.3 Å². The Morgan fingerprint density at radius 1 is 1.04 bits per heavy atom. The van der Waals surface area contributed by atoms with E-state index in [9.17, 15) is 4.79 Å². The Hall–Kier alpha value is -2.85. The van der Waals surface area contributed by atoms with E-state index in [4.69, 9.17) is 0 Å². The van der Waals surface area contributed by atoms with Gasteiger partial charge in [0.2, 0.25) is 5.91 Å². The molecule has 1 unspecified atom stereocenters. The Morgan fingerprint density at radius 2 is 1.81 bits per heavy atom. The van der Waals surface area contributed by atoms with Crippen LogP contribution in [0.1, 0.15) is 18.4 Å². The molecule has 1 atom stereocenters. The van der Waals surface area contributed by atoms with Crippen molar-refractivity contribution < 1.29 is 4.79 Å². The number of nitrogens with zero attached hydrogens (tertiary/aromatic N) is 1. The highest BCUT2D eigenvalue weighted by Crippen LogP contribution is 2.31. The van der Waals surface area contributed by atoms with Crippen molar-refractivity contribution in [2.24, 2.45) is 0 Å². The summed E-state index contributed by atoms with van der Waals surface area (Å²) in [6.45, 7) is 3.09.